The van der Waals surface area contributed by atoms with Crippen molar-refractivity contribution in [1.82, 2.24) is 9.88 Å². The van der Waals surface area contributed by atoms with Gasteiger partial charge in [-0.2, -0.15) is 5.26 Å². The van der Waals surface area contributed by atoms with Crippen LogP contribution in [0.25, 0.3) is 6.08 Å². The number of hydrogen-bond donors (Lipinski definition) is 1. The second kappa shape index (κ2) is 8.45. The molecule has 1 atom stereocenters. The first-order valence-corrected chi connectivity index (χ1v) is 10.3. The van der Waals surface area contributed by atoms with Crippen molar-refractivity contribution in [3.8, 4) is 6.07 Å². The normalized spacial score (nSPS) is 17.9. The number of hydrogen-bond acceptors (Lipinski definition) is 6. The topological polar surface area (TPSA) is 95.3 Å². The average molecular weight is 408 g/mol. The molecule has 1 fully saturated rings. The molecule has 8 heteroatoms. The Bertz CT molecular complexity index is 989. The van der Waals surface area contributed by atoms with Crippen LogP contribution in [0.15, 0.2) is 30.6 Å². The maximum atomic E-state index is 12.3. The Morgan fingerprint density at radius 2 is 2.28 bits per heavy atom. The number of nitriles is 1. The molecule has 2 aliphatic rings. The Balaban J connectivity index is 1.43. The second-order valence-corrected chi connectivity index (χ2v) is 8.12. The first-order valence-electron chi connectivity index (χ1n) is 9.53. The number of likely N-dealkylation sites (tertiary alicyclic amines) is 1. The third-order valence-electron chi connectivity index (χ3n) is 5.06. The van der Waals surface area contributed by atoms with Crippen molar-refractivity contribution in [1.29, 1.82) is 5.26 Å². The third-order valence-corrected chi connectivity index (χ3v) is 6.23. The lowest BCUT2D eigenvalue weighted by atomic mass is 9.94. The van der Waals surface area contributed by atoms with Crippen molar-refractivity contribution in [2.24, 2.45) is 0 Å². The van der Waals surface area contributed by atoms with Crippen LogP contribution in [0.5, 0.6) is 0 Å². The highest BCUT2D eigenvalue weighted by Crippen LogP contribution is 2.38. The van der Waals surface area contributed by atoms with Crippen LogP contribution in [0, 0.1) is 11.3 Å². The van der Waals surface area contributed by atoms with Crippen LogP contribution in [0.2, 0.25) is 0 Å². The highest BCUT2D eigenvalue weighted by atomic mass is 32.1. The molecule has 29 heavy (non-hydrogen) atoms. The summed E-state index contributed by atoms with van der Waals surface area (Å²) in [6, 6.07) is 5.87. The summed E-state index contributed by atoms with van der Waals surface area (Å²) < 4.78 is 5.61. The molecule has 2 amide bonds. The predicted octanol–water partition coefficient (Wildman–Crippen LogP) is 3.37. The molecule has 0 radical (unpaired) electrons. The van der Waals surface area contributed by atoms with Crippen LogP contribution in [0.4, 0.5) is 9.80 Å². The van der Waals surface area contributed by atoms with E-state index in [2.05, 4.69) is 16.4 Å². The van der Waals surface area contributed by atoms with E-state index in [1.165, 1.54) is 17.4 Å². The number of rotatable bonds is 4. The van der Waals surface area contributed by atoms with Gasteiger partial charge in [-0.1, -0.05) is 6.07 Å². The number of thiophene rings is 1. The van der Waals surface area contributed by atoms with E-state index in [4.69, 9.17) is 4.74 Å². The highest BCUT2D eigenvalue weighted by molar-refractivity contribution is 7.16. The SMILES string of the molecule is N#Cc1c(NC(=O)/C=C/c2cccnc2)sc2c1CCC(OC(=O)N1CCC1)C2. The molecule has 148 valence electrons. The maximum absolute atomic E-state index is 12.3. The molecule has 4 rings (SSSR count). The molecule has 0 saturated carbocycles. The quantitative estimate of drug-likeness (QED) is 0.783. The van der Waals surface area contributed by atoms with Gasteiger partial charge in [-0.3, -0.25) is 9.78 Å². The molecule has 1 aliphatic heterocycles. The van der Waals surface area contributed by atoms with Gasteiger partial charge in [-0.05, 0) is 42.5 Å². The number of nitrogens with zero attached hydrogens (tertiary/aromatic N) is 3. The molecule has 7 nitrogen and oxygen atoms in total. The van der Waals surface area contributed by atoms with Gasteiger partial charge in [-0.25, -0.2) is 4.79 Å². The summed E-state index contributed by atoms with van der Waals surface area (Å²) >= 11 is 1.39. The predicted molar refractivity (Wildman–Crippen MR) is 109 cm³/mol. The summed E-state index contributed by atoms with van der Waals surface area (Å²) in [6.45, 7) is 1.52. The van der Waals surface area contributed by atoms with Gasteiger partial charge in [0.05, 0.1) is 5.56 Å². The van der Waals surface area contributed by atoms with Gasteiger partial charge in [0.2, 0.25) is 5.91 Å². The molecule has 1 unspecified atom stereocenters. The number of anilines is 1. The van der Waals surface area contributed by atoms with Crippen molar-refractivity contribution >= 4 is 34.4 Å². The molecule has 3 heterocycles. The summed E-state index contributed by atoms with van der Waals surface area (Å²) in [5.41, 5.74) is 2.29. The third kappa shape index (κ3) is 4.30. The fraction of sp³-hybridized carbons (Fsp3) is 0.333. The van der Waals surface area contributed by atoms with Gasteiger partial charge in [0.25, 0.3) is 0 Å². The molecule has 1 aliphatic carbocycles. The van der Waals surface area contributed by atoms with Crippen molar-refractivity contribution in [3.63, 3.8) is 0 Å². The van der Waals surface area contributed by atoms with E-state index in [9.17, 15) is 14.9 Å². The lowest BCUT2D eigenvalue weighted by Crippen LogP contribution is -2.44. The summed E-state index contributed by atoms with van der Waals surface area (Å²) in [7, 11) is 0. The molecular formula is C21H20N4O3S. The van der Waals surface area contributed by atoms with E-state index < -0.39 is 0 Å². The molecule has 0 bridgehead atoms. The van der Waals surface area contributed by atoms with Crippen LogP contribution < -0.4 is 5.32 Å². The maximum Gasteiger partial charge on any atom is 0.410 e. The first-order chi connectivity index (χ1) is 14.1. The van der Waals surface area contributed by atoms with E-state index in [0.29, 0.717) is 29.8 Å². The molecule has 0 spiro atoms. The number of fused-ring (bicyclic) bond motifs is 1. The van der Waals surface area contributed by atoms with Crippen molar-refractivity contribution in [2.75, 3.05) is 18.4 Å². The summed E-state index contributed by atoms with van der Waals surface area (Å²) in [6.07, 6.45) is 8.94. The van der Waals surface area contributed by atoms with Gasteiger partial charge in [0, 0.05) is 42.9 Å². The van der Waals surface area contributed by atoms with Crippen molar-refractivity contribution in [2.45, 2.75) is 31.8 Å². The van der Waals surface area contributed by atoms with Crippen LogP contribution >= 0.6 is 11.3 Å². The summed E-state index contributed by atoms with van der Waals surface area (Å²) in [4.78, 5) is 31.1. The number of aromatic nitrogens is 1. The number of ether oxygens (including phenoxy) is 1. The lowest BCUT2D eigenvalue weighted by molar-refractivity contribution is -0.111. The first kappa shape index (κ1) is 19.2. The number of amides is 2. The number of pyridine rings is 1. The van der Waals surface area contributed by atoms with Gasteiger partial charge in [0.15, 0.2) is 0 Å². The van der Waals surface area contributed by atoms with Gasteiger partial charge >= 0.3 is 6.09 Å². The van der Waals surface area contributed by atoms with E-state index >= 15 is 0 Å². The van der Waals surface area contributed by atoms with Gasteiger partial charge in [0.1, 0.15) is 17.2 Å². The average Bonchev–Trinajstić information content (AvgIpc) is 3.01. The number of carbonyl (C=O) groups is 2. The molecule has 0 aromatic carbocycles. The van der Waals surface area contributed by atoms with Crippen molar-refractivity contribution in [3.05, 3.63) is 52.2 Å². The zero-order valence-corrected chi connectivity index (χ0v) is 16.6. The minimum absolute atomic E-state index is 0.185. The van der Waals surface area contributed by atoms with E-state index in [1.807, 2.05) is 6.07 Å². The number of carbonyl (C=O) groups excluding carboxylic acids is 2. The van der Waals surface area contributed by atoms with E-state index in [1.54, 1.807) is 29.4 Å². The fourth-order valence-electron chi connectivity index (χ4n) is 3.38. The molecule has 2 aromatic rings. The Labute approximate surface area is 172 Å². The standard InChI is InChI=1S/C21H20N4O3S/c22-12-17-16-6-5-15(28-21(27)25-9-2-10-25)11-18(16)29-20(17)24-19(26)7-4-14-3-1-8-23-13-14/h1,3-4,7-8,13,15H,2,5-6,9-11H2,(H,24,26)/b7-4+. The molecule has 1 N–H and O–H groups in total. The Hall–Kier alpha value is -3.18. The molecule has 1 saturated heterocycles. The zero-order chi connectivity index (χ0) is 20.2. The molecular weight excluding hydrogens is 388 g/mol. The van der Waals surface area contributed by atoms with Crippen LogP contribution in [-0.2, 0) is 22.4 Å². The highest BCUT2D eigenvalue weighted by Gasteiger charge is 2.30. The Morgan fingerprint density at radius 3 is 2.97 bits per heavy atom. The van der Waals surface area contributed by atoms with Crippen molar-refractivity contribution < 1.29 is 14.3 Å². The minimum atomic E-state index is -0.301. The second-order valence-electron chi connectivity index (χ2n) is 7.02. The minimum Gasteiger partial charge on any atom is -0.446 e. The monoisotopic (exact) mass is 408 g/mol. The van der Waals surface area contributed by atoms with Gasteiger partial charge < -0.3 is 15.0 Å². The summed E-state index contributed by atoms with van der Waals surface area (Å²) in [5, 5.41) is 13.0. The van der Waals surface area contributed by atoms with E-state index in [0.717, 1.165) is 35.5 Å². The fourth-order valence-corrected chi connectivity index (χ4v) is 4.64. The zero-order valence-electron chi connectivity index (χ0n) is 15.8. The lowest BCUT2D eigenvalue weighted by Gasteiger charge is -2.32. The smallest absolute Gasteiger partial charge is 0.410 e. The summed E-state index contributed by atoms with van der Waals surface area (Å²) in [5.74, 6) is -0.301. The largest absolute Gasteiger partial charge is 0.446 e. The van der Waals surface area contributed by atoms with Crippen LogP contribution in [-0.4, -0.2) is 41.1 Å². The van der Waals surface area contributed by atoms with Crippen LogP contribution in [0.3, 0.4) is 0 Å². The van der Waals surface area contributed by atoms with E-state index in [-0.39, 0.29) is 18.1 Å². The Kier molecular flexibility index (Phi) is 5.58. The van der Waals surface area contributed by atoms with Crippen LogP contribution in [0.1, 0.15) is 34.4 Å². The van der Waals surface area contributed by atoms with Gasteiger partial charge in [-0.15, -0.1) is 11.3 Å². The Morgan fingerprint density at radius 1 is 1.41 bits per heavy atom. The number of nitrogens with one attached hydrogen (secondary N) is 1. The molecule has 2 aromatic heterocycles.